The molecule has 2 saturated carbocycles. The van der Waals surface area contributed by atoms with Gasteiger partial charge in [-0.2, -0.15) is 0 Å². The predicted molar refractivity (Wildman–Crippen MR) is 215 cm³/mol. The molecule has 1 unspecified atom stereocenters. The van der Waals surface area contributed by atoms with Gasteiger partial charge < -0.3 is 34.7 Å². The molecule has 0 spiro atoms. The molecule has 3 aromatic carbocycles. The average molecular weight is 775 g/mol. The van der Waals surface area contributed by atoms with Crippen molar-refractivity contribution in [3.63, 3.8) is 0 Å². The van der Waals surface area contributed by atoms with Crippen molar-refractivity contribution >= 4 is 23.9 Å². The molecule has 2 heterocycles. The lowest BCUT2D eigenvalue weighted by Crippen LogP contribution is -2.45. The van der Waals surface area contributed by atoms with Crippen molar-refractivity contribution in [2.45, 2.75) is 102 Å². The molecule has 3 aliphatic carbocycles. The van der Waals surface area contributed by atoms with Crippen LogP contribution in [0.2, 0.25) is 0 Å². The molecule has 10 nitrogen and oxygen atoms in total. The summed E-state index contributed by atoms with van der Waals surface area (Å²) >= 11 is 0. The maximum absolute atomic E-state index is 14.5. The molecule has 2 amide bonds. The fourth-order valence-corrected chi connectivity index (χ4v) is 9.69. The van der Waals surface area contributed by atoms with Gasteiger partial charge in [0.05, 0.1) is 23.9 Å². The normalized spacial score (nSPS) is 30.1. The molecule has 7 atom stereocenters. The van der Waals surface area contributed by atoms with E-state index in [1.807, 2.05) is 84.9 Å². The highest BCUT2D eigenvalue weighted by Gasteiger charge is 2.57. The van der Waals surface area contributed by atoms with E-state index < -0.39 is 30.1 Å². The van der Waals surface area contributed by atoms with Crippen LogP contribution in [0.15, 0.2) is 102 Å². The molecule has 0 aromatic heterocycles. The number of amides is 2. The summed E-state index contributed by atoms with van der Waals surface area (Å²) in [7, 11) is 0. The molecule has 0 bridgehead atoms. The number of epoxide rings is 1. The maximum Gasteiger partial charge on any atom is 0.339 e. The Morgan fingerprint density at radius 2 is 1.56 bits per heavy atom. The number of ether oxygens (including phenoxy) is 4. The Morgan fingerprint density at radius 3 is 2.26 bits per heavy atom. The zero-order valence-corrected chi connectivity index (χ0v) is 33.1. The molecule has 8 rings (SSSR count). The third-order valence-electron chi connectivity index (χ3n) is 12.9. The Bertz CT molecular complexity index is 1990. The highest BCUT2D eigenvalue weighted by molar-refractivity contribution is 5.95. The smallest absolute Gasteiger partial charge is 0.339 e. The van der Waals surface area contributed by atoms with Gasteiger partial charge in [-0.15, -0.1) is 0 Å². The minimum Gasteiger partial charge on any atom is -0.456 e. The van der Waals surface area contributed by atoms with Crippen molar-refractivity contribution in [2.24, 2.45) is 17.3 Å². The van der Waals surface area contributed by atoms with Gasteiger partial charge in [-0.05, 0) is 74.0 Å². The van der Waals surface area contributed by atoms with Crippen LogP contribution in [0.25, 0.3) is 6.08 Å². The number of benzene rings is 3. The first-order valence-corrected chi connectivity index (χ1v) is 20.5. The van der Waals surface area contributed by atoms with Crippen LogP contribution in [0.4, 0.5) is 0 Å². The summed E-state index contributed by atoms with van der Waals surface area (Å²) in [5.41, 5.74) is 4.78. The Balaban J connectivity index is 1.08. The minimum atomic E-state index is -1.33. The molecule has 10 heteroatoms. The van der Waals surface area contributed by atoms with Gasteiger partial charge >= 0.3 is 5.97 Å². The summed E-state index contributed by atoms with van der Waals surface area (Å²) in [6.07, 6.45) is 7.26. The Labute approximate surface area is 335 Å². The predicted octanol–water partition coefficient (Wildman–Crippen LogP) is 6.62. The van der Waals surface area contributed by atoms with E-state index in [2.05, 4.69) is 37.5 Å². The number of nitrogens with one attached hydrogen (secondary N) is 2. The second-order valence-electron chi connectivity index (χ2n) is 17.1. The van der Waals surface area contributed by atoms with E-state index in [1.54, 1.807) is 6.08 Å². The van der Waals surface area contributed by atoms with Gasteiger partial charge in [0.15, 0.2) is 0 Å². The van der Waals surface area contributed by atoms with Gasteiger partial charge in [0.25, 0.3) is 0 Å². The SMILES string of the molecule is CC1(C)C[C@@H]2C(=Cc3ccccc3C(=O)O[C@@H]3CC(C(=O)NCCC(=O)NCCO)=C[C@H]4OC(c5ccccc5)(c5ccccc5)O[C@H]43)CCC3O[C@]3(C)CC[C@H]21. The number of carbonyl (C=O) groups excluding carboxylic acids is 3. The van der Waals surface area contributed by atoms with Gasteiger partial charge in [0, 0.05) is 42.6 Å². The summed E-state index contributed by atoms with van der Waals surface area (Å²) in [6, 6.07) is 26.9. The molecule has 3 N–H and O–H groups in total. The Kier molecular flexibility index (Phi) is 11.0. The van der Waals surface area contributed by atoms with Crippen molar-refractivity contribution in [3.05, 3.63) is 124 Å². The molecular weight excluding hydrogens is 721 g/mol. The fourth-order valence-electron chi connectivity index (χ4n) is 9.69. The first-order chi connectivity index (χ1) is 27.5. The molecule has 2 aliphatic heterocycles. The molecule has 300 valence electrons. The van der Waals surface area contributed by atoms with Crippen molar-refractivity contribution in [1.29, 1.82) is 0 Å². The van der Waals surface area contributed by atoms with Gasteiger partial charge in [0.1, 0.15) is 18.3 Å². The van der Waals surface area contributed by atoms with Crippen molar-refractivity contribution in [3.8, 4) is 0 Å². The third kappa shape index (κ3) is 7.97. The topological polar surface area (TPSA) is 136 Å². The van der Waals surface area contributed by atoms with Gasteiger partial charge in [0.2, 0.25) is 17.6 Å². The number of esters is 1. The van der Waals surface area contributed by atoms with Gasteiger partial charge in [-0.1, -0.05) is 104 Å². The Morgan fingerprint density at radius 1 is 0.860 bits per heavy atom. The van der Waals surface area contributed by atoms with E-state index in [1.165, 1.54) is 5.57 Å². The lowest BCUT2D eigenvalue weighted by Gasteiger charge is -2.53. The average Bonchev–Trinajstić information content (AvgIpc) is 3.67. The number of carbonyl (C=O) groups is 3. The van der Waals surface area contributed by atoms with Gasteiger partial charge in [-0.25, -0.2) is 4.79 Å². The quantitative estimate of drug-likeness (QED) is 0.146. The highest BCUT2D eigenvalue weighted by atomic mass is 16.8. The number of fused-ring (bicyclic) bond motifs is 3. The van der Waals surface area contributed by atoms with Crippen LogP contribution in [0, 0.1) is 17.3 Å². The van der Waals surface area contributed by atoms with Gasteiger partial charge in [-0.3, -0.25) is 9.59 Å². The summed E-state index contributed by atoms with van der Waals surface area (Å²) in [5.74, 6) is -1.48. The van der Waals surface area contributed by atoms with Crippen LogP contribution in [0.3, 0.4) is 0 Å². The van der Waals surface area contributed by atoms with E-state index in [0.29, 0.717) is 23.0 Å². The zero-order chi connectivity index (χ0) is 39.8. The Hall–Kier alpha value is -4.61. The first kappa shape index (κ1) is 39.2. The number of allylic oxidation sites excluding steroid dienone is 1. The minimum absolute atomic E-state index is 0.0188. The molecule has 2 saturated heterocycles. The van der Waals surface area contributed by atoms with Crippen molar-refractivity contribution in [2.75, 3.05) is 19.7 Å². The second-order valence-corrected chi connectivity index (χ2v) is 17.1. The van der Waals surface area contributed by atoms with Crippen LogP contribution in [-0.4, -0.2) is 72.6 Å². The molecule has 5 aliphatic rings. The molecular formula is C47H54N2O8. The van der Waals surface area contributed by atoms with E-state index in [0.717, 1.165) is 48.8 Å². The zero-order valence-electron chi connectivity index (χ0n) is 33.1. The largest absolute Gasteiger partial charge is 0.456 e. The summed E-state index contributed by atoms with van der Waals surface area (Å²) in [6.45, 7) is 7.06. The lowest BCUT2D eigenvalue weighted by molar-refractivity contribution is -0.157. The van der Waals surface area contributed by atoms with Crippen molar-refractivity contribution < 1.29 is 38.4 Å². The first-order valence-electron chi connectivity index (χ1n) is 20.5. The third-order valence-corrected chi connectivity index (χ3v) is 12.9. The van der Waals surface area contributed by atoms with Crippen LogP contribution in [0.1, 0.15) is 92.8 Å². The number of hydrogen-bond acceptors (Lipinski definition) is 8. The van der Waals surface area contributed by atoms with E-state index in [-0.39, 0.29) is 61.5 Å². The monoisotopic (exact) mass is 774 g/mol. The molecule has 0 radical (unpaired) electrons. The van der Waals surface area contributed by atoms with Crippen LogP contribution < -0.4 is 10.6 Å². The van der Waals surface area contributed by atoms with Crippen LogP contribution in [-0.2, 0) is 34.3 Å². The molecule has 3 aromatic rings. The lowest BCUT2D eigenvalue weighted by atomic mass is 9.52. The standard InChI is InChI=1S/C47H54N2O8/c1-45(2)29-36-31(18-19-40-46(3,56-40)22-20-37(36)45)26-30-12-10-11-17-35(30)44(53)54-38-27-32(43(52)49-23-21-41(51)48-24-25-50)28-39-42(38)57-47(55-39,33-13-6-4-7-14-33)34-15-8-5-9-16-34/h4-17,26,28,36-40,42,50H,18-25,27,29H2,1-3H3,(H,48,51)(H,49,52)/t36-,37-,38-,39-,40?,42+,46-/m1/s1. The van der Waals surface area contributed by atoms with E-state index in [4.69, 9.17) is 24.1 Å². The van der Waals surface area contributed by atoms with Crippen LogP contribution in [0.5, 0.6) is 0 Å². The molecule has 57 heavy (non-hydrogen) atoms. The number of aliphatic hydroxyl groups is 1. The fraction of sp³-hybridized carbons (Fsp3) is 0.468. The van der Waals surface area contributed by atoms with Crippen LogP contribution >= 0.6 is 0 Å². The number of hydrogen-bond donors (Lipinski definition) is 3. The maximum atomic E-state index is 14.5. The second kappa shape index (κ2) is 16.0. The molecule has 4 fully saturated rings. The summed E-state index contributed by atoms with van der Waals surface area (Å²) < 4.78 is 26.4. The number of aliphatic hydroxyl groups excluding tert-OH is 1. The van der Waals surface area contributed by atoms with E-state index in [9.17, 15) is 14.4 Å². The van der Waals surface area contributed by atoms with Crippen molar-refractivity contribution in [1.82, 2.24) is 10.6 Å². The highest BCUT2D eigenvalue weighted by Crippen LogP contribution is 2.60. The number of rotatable bonds is 11. The summed E-state index contributed by atoms with van der Waals surface area (Å²) in [4.78, 5) is 40.3. The summed E-state index contributed by atoms with van der Waals surface area (Å²) in [5, 5.41) is 14.5. The van der Waals surface area contributed by atoms with E-state index >= 15 is 0 Å².